The van der Waals surface area contributed by atoms with Crippen molar-refractivity contribution in [3.8, 4) is 11.3 Å². The minimum atomic E-state index is -0.403. The highest BCUT2D eigenvalue weighted by Gasteiger charge is 2.11. The molecule has 4 aromatic rings. The van der Waals surface area contributed by atoms with Crippen LogP contribution in [0.5, 0.6) is 0 Å². The maximum atomic E-state index is 13.1. The summed E-state index contributed by atoms with van der Waals surface area (Å²) in [4.78, 5) is 28.7. The number of carbonyl (C=O) groups is 1. The van der Waals surface area contributed by atoms with E-state index in [2.05, 4.69) is 15.4 Å². The quantitative estimate of drug-likeness (QED) is 0.589. The molecule has 0 aliphatic heterocycles. The van der Waals surface area contributed by atoms with Gasteiger partial charge in [0.05, 0.1) is 15.9 Å². The van der Waals surface area contributed by atoms with Crippen molar-refractivity contribution in [2.75, 3.05) is 5.32 Å². The fourth-order valence-corrected chi connectivity index (χ4v) is 3.44. The number of benzene rings is 2. The second-order valence-electron chi connectivity index (χ2n) is 5.76. The highest BCUT2D eigenvalue weighted by atomic mass is 32.1. The first-order chi connectivity index (χ1) is 13.1. The Morgan fingerprint density at radius 1 is 1.07 bits per heavy atom. The van der Waals surface area contributed by atoms with E-state index in [1.165, 1.54) is 35.6 Å². The van der Waals surface area contributed by atoms with E-state index in [-0.39, 0.29) is 12.4 Å². The molecule has 0 saturated carbocycles. The van der Waals surface area contributed by atoms with E-state index in [0.29, 0.717) is 16.4 Å². The monoisotopic (exact) mass is 380 g/mol. The molecule has 1 N–H and O–H groups in total. The molecule has 134 valence electrons. The number of fused-ring (bicyclic) bond motifs is 1. The minimum Gasteiger partial charge on any atom is -0.300 e. The summed E-state index contributed by atoms with van der Waals surface area (Å²) in [5.74, 6) is -0.762. The van der Waals surface area contributed by atoms with Gasteiger partial charge >= 0.3 is 0 Å². The highest BCUT2D eigenvalue weighted by molar-refractivity contribution is 7.22. The average Bonchev–Trinajstić information content (AvgIpc) is 3.06. The van der Waals surface area contributed by atoms with Gasteiger partial charge in [0.25, 0.3) is 5.56 Å². The third kappa shape index (κ3) is 3.75. The van der Waals surface area contributed by atoms with Crippen molar-refractivity contribution >= 4 is 32.6 Å². The maximum Gasteiger partial charge on any atom is 0.267 e. The number of halogens is 1. The van der Waals surface area contributed by atoms with Crippen molar-refractivity contribution in [2.24, 2.45) is 0 Å². The van der Waals surface area contributed by atoms with Crippen molar-refractivity contribution in [1.82, 2.24) is 14.8 Å². The predicted octanol–water partition coefficient (Wildman–Crippen LogP) is 3.30. The Balaban J connectivity index is 1.54. The van der Waals surface area contributed by atoms with E-state index in [0.717, 1.165) is 14.9 Å². The summed E-state index contributed by atoms with van der Waals surface area (Å²) in [6.07, 6.45) is 0. The van der Waals surface area contributed by atoms with Crippen LogP contribution in [0, 0.1) is 5.82 Å². The summed E-state index contributed by atoms with van der Waals surface area (Å²) in [5.41, 5.74) is 1.52. The molecule has 0 unspecified atom stereocenters. The molecule has 0 spiro atoms. The molecule has 2 aromatic heterocycles. The number of anilines is 1. The Morgan fingerprint density at radius 3 is 2.63 bits per heavy atom. The predicted molar refractivity (Wildman–Crippen MR) is 102 cm³/mol. The van der Waals surface area contributed by atoms with E-state index in [4.69, 9.17) is 0 Å². The standard InChI is InChI=1S/C19H13FN4O2S/c20-13-7-5-12(6-8-13)14-9-10-18(26)24(23-14)11-17(25)22-19-21-15-3-1-2-4-16(15)27-19/h1-10H,11H2,(H,21,22,25). The van der Waals surface area contributed by atoms with E-state index < -0.39 is 11.5 Å². The number of rotatable bonds is 4. The van der Waals surface area contributed by atoms with E-state index in [1.807, 2.05) is 24.3 Å². The number of para-hydroxylation sites is 1. The van der Waals surface area contributed by atoms with Crippen molar-refractivity contribution in [1.29, 1.82) is 0 Å². The largest absolute Gasteiger partial charge is 0.300 e. The van der Waals surface area contributed by atoms with Gasteiger partial charge in [-0.25, -0.2) is 14.1 Å². The van der Waals surface area contributed by atoms with Gasteiger partial charge in [0, 0.05) is 11.6 Å². The molecule has 0 atom stereocenters. The molecule has 0 fully saturated rings. The van der Waals surface area contributed by atoms with Crippen LogP contribution < -0.4 is 10.9 Å². The van der Waals surface area contributed by atoms with Crippen LogP contribution >= 0.6 is 11.3 Å². The maximum absolute atomic E-state index is 13.1. The fraction of sp³-hybridized carbons (Fsp3) is 0.0526. The third-order valence-corrected chi connectivity index (χ3v) is 4.79. The summed E-state index contributed by atoms with van der Waals surface area (Å²) in [6, 6.07) is 16.2. The number of amides is 1. The number of nitrogens with one attached hydrogen (secondary N) is 1. The molecule has 4 rings (SSSR count). The first kappa shape index (κ1) is 17.0. The molecule has 6 nitrogen and oxygen atoms in total. The average molecular weight is 380 g/mol. The lowest BCUT2D eigenvalue weighted by molar-refractivity contribution is -0.117. The zero-order chi connectivity index (χ0) is 18.8. The number of carbonyl (C=O) groups excluding carboxylic acids is 1. The Kier molecular flexibility index (Phi) is 4.47. The van der Waals surface area contributed by atoms with Crippen LogP contribution in [0.2, 0.25) is 0 Å². The number of hydrogen-bond acceptors (Lipinski definition) is 5. The Hall–Kier alpha value is -3.39. The third-order valence-electron chi connectivity index (χ3n) is 3.84. The van der Waals surface area contributed by atoms with Crippen LogP contribution in [0.3, 0.4) is 0 Å². The molecular weight excluding hydrogens is 367 g/mol. The lowest BCUT2D eigenvalue weighted by atomic mass is 10.1. The molecule has 2 aromatic carbocycles. The molecule has 8 heteroatoms. The Bertz CT molecular complexity index is 1150. The van der Waals surface area contributed by atoms with Crippen molar-refractivity contribution in [2.45, 2.75) is 6.54 Å². The van der Waals surface area contributed by atoms with Gasteiger partial charge in [-0.3, -0.25) is 9.59 Å². The van der Waals surface area contributed by atoms with E-state index in [1.54, 1.807) is 12.1 Å². The number of hydrogen-bond donors (Lipinski definition) is 1. The molecular formula is C19H13FN4O2S. The molecule has 0 aliphatic rings. The van der Waals surface area contributed by atoms with E-state index in [9.17, 15) is 14.0 Å². The van der Waals surface area contributed by atoms with Gasteiger partial charge in [0.2, 0.25) is 5.91 Å². The molecule has 1 amide bonds. The topological polar surface area (TPSA) is 76.9 Å². The smallest absolute Gasteiger partial charge is 0.267 e. The summed E-state index contributed by atoms with van der Waals surface area (Å²) < 4.78 is 15.1. The molecule has 0 saturated heterocycles. The van der Waals surface area contributed by atoms with Crippen molar-refractivity contribution in [3.05, 3.63) is 76.8 Å². The Labute approximate surface area is 156 Å². The second-order valence-corrected chi connectivity index (χ2v) is 6.79. The van der Waals surface area contributed by atoms with Gasteiger partial charge in [0.1, 0.15) is 12.4 Å². The van der Waals surface area contributed by atoms with Crippen molar-refractivity contribution in [3.63, 3.8) is 0 Å². The molecule has 27 heavy (non-hydrogen) atoms. The van der Waals surface area contributed by atoms with Crippen LogP contribution in [-0.2, 0) is 11.3 Å². The van der Waals surface area contributed by atoms with E-state index >= 15 is 0 Å². The summed E-state index contributed by atoms with van der Waals surface area (Å²) >= 11 is 1.36. The number of aromatic nitrogens is 3. The van der Waals surface area contributed by atoms with Crippen LogP contribution in [0.1, 0.15) is 0 Å². The first-order valence-electron chi connectivity index (χ1n) is 8.08. The van der Waals surface area contributed by atoms with Gasteiger partial charge < -0.3 is 5.32 Å². The van der Waals surface area contributed by atoms with Gasteiger partial charge in [-0.05, 0) is 42.5 Å². The number of nitrogens with zero attached hydrogens (tertiary/aromatic N) is 3. The molecule has 2 heterocycles. The van der Waals surface area contributed by atoms with Gasteiger partial charge in [-0.2, -0.15) is 5.10 Å². The van der Waals surface area contributed by atoms with Gasteiger partial charge in [-0.1, -0.05) is 23.5 Å². The minimum absolute atomic E-state index is 0.246. The highest BCUT2D eigenvalue weighted by Crippen LogP contribution is 2.25. The summed E-state index contributed by atoms with van der Waals surface area (Å²) in [6.45, 7) is -0.246. The fourth-order valence-electron chi connectivity index (χ4n) is 2.56. The molecule has 0 radical (unpaired) electrons. The zero-order valence-corrected chi connectivity index (χ0v) is 14.7. The van der Waals surface area contributed by atoms with Gasteiger partial charge in [0.15, 0.2) is 5.13 Å². The number of thiazole rings is 1. The normalized spacial score (nSPS) is 10.9. The van der Waals surface area contributed by atoms with Crippen molar-refractivity contribution < 1.29 is 9.18 Å². The van der Waals surface area contributed by atoms with Crippen LogP contribution in [0.4, 0.5) is 9.52 Å². The first-order valence-corrected chi connectivity index (χ1v) is 8.90. The lowest BCUT2D eigenvalue weighted by Gasteiger charge is -2.07. The second kappa shape index (κ2) is 7.08. The SMILES string of the molecule is O=C(Cn1nc(-c2ccc(F)cc2)ccc1=O)Nc1nc2ccccc2s1. The van der Waals surface area contributed by atoms with Crippen LogP contribution in [-0.4, -0.2) is 20.7 Å². The molecule has 0 bridgehead atoms. The summed E-state index contributed by atoms with van der Waals surface area (Å²) in [7, 11) is 0. The van der Waals surface area contributed by atoms with Gasteiger partial charge in [-0.15, -0.1) is 0 Å². The molecule has 0 aliphatic carbocycles. The zero-order valence-electron chi connectivity index (χ0n) is 13.9. The van der Waals surface area contributed by atoms with Crippen LogP contribution in [0.25, 0.3) is 21.5 Å². The Morgan fingerprint density at radius 2 is 1.85 bits per heavy atom. The lowest BCUT2D eigenvalue weighted by Crippen LogP contribution is -2.29. The summed E-state index contributed by atoms with van der Waals surface area (Å²) in [5, 5.41) is 7.36. The van der Waals surface area contributed by atoms with Crippen LogP contribution in [0.15, 0.2) is 65.5 Å².